The molecule has 4 rings (SSSR count). The zero-order valence-corrected chi connectivity index (χ0v) is 15.7. The second-order valence-corrected chi connectivity index (χ2v) is 7.33. The Kier molecular flexibility index (Phi) is 4.94. The van der Waals surface area contributed by atoms with Gasteiger partial charge in [-0.2, -0.15) is 0 Å². The summed E-state index contributed by atoms with van der Waals surface area (Å²) in [6.45, 7) is 1.98. The lowest BCUT2D eigenvalue weighted by Gasteiger charge is -2.08. The lowest BCUT2D eigenvalue weighted by molar-refractivity contribution is 0.102. The third-order valence-corrected chi connectivity index (χ3v) is 5.36. The number of aryl methyl sites for hydroxylation is 1. The van der Waals surface area contributed by atoms with Crippen molar-refractivity contribution in [2.75, 3.05) is 5.32 Å². The highest BCUT2D eigenvalue weighted by Crippen LogP contribution is 2.23. The van der Waals surface area contributed by atoms with Crippen LogP contribution < -0.4 is 5.32 Å². The number of fused-ring (bicyclic) bond motifs is 1. The number of pyridine rings is 1. The number of nitrogens with zero attached hydrogens (tertiary/aromatic N) is 2. The minimum atomic E-state index is -0.0961. The molecule has 2 aromatic carbocycles. The molecule has 1 amide bonds. The van der Waals surface area contributed by atoms with Crippen molar-refractivity contribution in [2.24, 2.45) is 0 Å². The van der Waals surface area contributed by atoms with Crippen LogP contribution in [0.5, 0.6) is 0 Å². The van der Waals surface area contributed by atoms with Crippen LogP contribution in [0.15, 0.2) is 84.0 Å². The predicted molar refractivity (Wildman–Crippen MR) is 110 cm³/mol. The molecule has 0 fully saturated rings. The lowest BCUT2D eigenvalue weighted by Crippen LogP contribution is -2.12. The summed E-state index contributed by atoms with van der Waals surface area (Å²) < 4.78 is 2.02. The van der Waals surface area contributed by atoms with Crippen LogP contribution in [0.3, 0.4) is 0 Å². The topological polar surface area (TPSA) is 46.4 Å². The van der Waals surface area contributed by atoms with Gasteiger partial charge in [-0.15, -0.1) is 11.8 Å². The van der Waals surface area contributed by atoms with Crippen molar-refractivity contribution < 1.29 is 4.79 Å². The molecule has 2 heterocycles. The Labute approximate surface area is 162 Å². The maximum Gasteiger partial charge on any atom is 0.255 e. The van der Waals surface area contributed by atoms with E-state index >= 15 is 0 Å². The average molecular weight is 373 g/mol. The van der Waals surface area contributed by atoms with Crippen LogP contribution in [0, 0.1) is 6.92 Å². The first-order valence-corrected chi connectivity index (χ1v) is 9.70. The van der Waals surface area contributed by atoms with E-state index in [9.17, 15) is 4.79 Å². The Morgan fingerprint density at radius 1 is 1.04 bits per heavy atom. The molecular formula is C22H19N3OS. The maximum atomic E-state index is 12.4. The van der Waals surface area contributed by atoms with Crippen molar-refractivity contribution >= 4 is 29.0 Å². The molecular weight excluding hydrogens is 354 g/mol. The highest BCUT2D eigenvalue weighted by Gasteiger charge is 2.08. The number of hydrogen-bond acceptors (Lipinski definition) is 3. The van der Waals surface area contributed by atoms with Gasteiger partial charge in [-0.25, -0.2) is 4.98 Å². The number of nitrogens with one attached hydrogen (secondary N) is 1. The first-order valence-electron chi connectivity index (χ1n) is 8.71. The van der Waals surface area contributed by atoms with Gasteiger partial charge in [0.05, 0.1) is 5.69 Å². The number of amides is 1. The molecule has 0 aliphatic heterocycles. The summed E-state index contributed by atoms with van der Waals surface area (Å²) in [4.78, 5) is 18.1. The van der Waals surface area contributed by atoms with Gasteiger partial charge < -0.3 is 9.72 Å². The number of anilines is 1. The van der Waals surface area contributed by atoms with Crippen LogP contribution in [-0.4, -0.2) is 15.3 Å². The smallest absolute Gasteiger partial charge is 0.255 e. The highest BCUT2D eigenvalue weighted by atomic mass is 32.2. The predicted octanol–water partition coefficient (Wildman–Crippen LogP) is 5.19. The molecule has 0 aliphatic carbocycles. The van der Waals surface area contributed by atoms with Crippen molar-refractivity contribution in [1.29, 1.82) is 0 Å². The number of para-hydroxylation sites is 1. The fourth-order valence-corrected chi connectivity index (χ4v) is 3.61. The Morgan fingerprint density at radius 2 is 1.81 bits per heavy atom. The lowest BCUT2D eigenvalue weighted by atomic mass is 10.1. The molecule has 0 unspecified atom stereocenters. The van der Waals surface area contributed by atoms with Crippen molar-refractivity contribution in [2.45, 2.75) is 17.6 Å². The molecule has 1 N–H and O–H groups in total. The molecule has 0 spiro atoms. The Hall–Kier alpha value is -3.05. The molecule has 5 heteroatoms. The number of aromatic nitrogens is 2. The number of hydrogen-bond donors (Lipinski definition) is 1. The quantitative estimate of drug-likeness (QED) is 0.490. The first-order chi connectivity index (χ1) is 13.2. The van der Waals surface area contributed by atoms with Crippen molar-refractivity contribution in [3.05, 3.63) is 95.9 Å². The van der Waals surface area contributed by atoms with Gasteiger partial charge in [-0.3, -0.25) is 4.79 Å². The Balaban J connectivity index is 1.39. The molecule has 0 atom stereocenters. The van der Waals surface area contributed by atoms with Crippen LogP contribution in [0.25, 0.3) is 5.65 Å². The van der Waals surface area contributed by atoms with Crippen LogP contribution in [0.2, 0.25) is 0 Å². The molecule has 134 valence electrons. The van der Waals surface area contributed by atoms with Gasteiger partial charge in [0.1, 0.15) is 5.65 Å². The van der Waals surface area contributed by atoms with Gasteiger partial charge in [-0.1, -0.05) is 24.3 Å². The van der Waals surface area contributed by atoms with Crippen LogP contribution in [0.1, 0.15) is 21.6 Å². The molecule has 0 saturated heterocycles. The fourth-order valence-electron chi connectivity index (χ4n) is 2.82. The number of carbonyl (C=O) groups excluding carboxylic acids is 1. The molecule has 4 nitrogen and oxygen atoms in total. The largest absolute Gasteiger partial charge is 0.322 e. The zero-order valence-electron chi connectivity index (χ0n) is 14.9. The monoisotopic (exact) mass is 373 g/mol. The normalized spacial score (nSPS) is 10.9. The van der Waals surface area contributed by atoms with E-state index in [1.807, 2.05) is 90.4 Å². The van der Waals surface area contributed by atoms with Gasteiger partial charge in [-0.05, 0) is 55.0 Å². The summed E-state index contributed by atoms with van der Waals surface area (Å²) in [7, 11) is 0. The van der Waals surface area contributed by atoms with E-state index < -0.39 is 0 Å². The van der Waals surface area contributed by atoms with Gasteiger partial charge in [0, 0.05) is 34.3 Å². The second-order valence-electron chi connectivity index (χ2n) is 6.28. The summed E-state index contributed by atoms with van der Waals surface area (Å²) in [6.07, 6.45) is 4.05. The zero-order chi connectivity index (χ0) is 18.6. The average Bonchev–Trinajstić information content (AvgIpc) is 3.11. The van der Waals surface area contributed by atoms with Crippen LogP contribution in [-0.2, 0) is 5.75 Å². The van der Waals surface area contributed by atoms with E-state index in [1.165, 1.54) is 0 Å². The summed E-state index contributed by atoms with van der Waals surface area (Å²) in [6, 6.07) is 21.4. The van der Waals surface area contributed by atoms with E-state index in [2.05, 4.69) is 10.3 Å². The van der Waals surface area contributed by atoms with Crippen LogP contribution in [0.4, 0.5) is 5.69 Å². The minimum absolute atomic E-state index is 0.0961. The molecule has 0 saturated carbocycles. The number of carbonyl (C=O) groups is 1. The summed E-state index contributed by atoms with van der Waals surface area (Å²) in [5.41, 5.74) is 4.53. The highest BCUT2D eigenvalue weighted by molar-refractivity contribution is 7.98. The van der Waals surface area contributed by atoms with Crippen LogP contribution >= 0.6 is 11.8 Å². The molecule has 0 aliphatic rings. The van der Waals surface area contributed by atoms with Gasteiger partial charge in [0.2, 0.25) is 0 Å². The minimum Gasteiger partial charge on any atom is -0.322 e. The van der Waals surface area contributed by atoms with Gasteiger partial charge in [0.25, 0.3) is 5.91 Å². The third-order valence-electron chi connectivity index (χ3n) is 4.31. The summed E-state index contributed by atoms with van der Waals surface area (Å²) in [5, 5.41) is 2.96. The van der Waals surface area contributed by atoms with Gasteiger partial charge >= 0.3 is 0 Å². The summed E-state index contributed by atoms with van der Waals surface area (Å²) >= 11 is 1.71. The third kappa shape index (κ3) is 4.04. The molecule has 2 aromatic heterocycles. The van der Waals surface area contributed by atoms with E-state index in [0.717, 1.165) is 33.2 Å². The Bertz CT molecular complexity index is 1050. The van der Waals surface area contributed by atoms with Crippen molar-refractivity contribution in [3.8, 4) is 0 Å². The number of rotatable bonds is 5. The number of imidazole rings is 1. The van der Waals surface area contributed by atoms with E-state index in [-0.39, 0.29) is 5.91 Å². The fraction of sp³-hybridized carbons (Fsp3) is 0.0909. The number of thioether (sulfide) groups is 1. The second kappa shape index (κ2) is 7.68. The summed E-state index contributed by atoms with van der Waals surface area (Å²) in [5.74, 6) is 0.692. The molecule has 0 bridgehead atoms. The van der Waals surface area contributed by atoms with E-state index in [4.69, 9.17) is 0 Å². The van der Waals surface area contributed by atoms with Crippen molar-refractivity contribution in [1.82, 2.24) is 9.38 Å². The maximum absolute atomic E-state index is 12.4. The molecule has 4 aromatic rings. The van der Waals surface area contributed by atoms with Gasteiger partial charge in [0.15, 0.2) is 0 Å². The molecule has 27 heavy (non-hydrogen) atoms. The van der Waals surface area contributed by atoms with E-state index in [1.54, 1.807) is 11.8 Å². The standard InChI is InChI=1S/C22H19N3OS/c1-16-6-2-3-7-20(16)24-22(26)17-9-11-19(12-10-17)27-15-18-14-25-13-5-4-8-21(25)23-18/h2-14H,15H2,1H3,(H,24,26). The first kappa shape index (κ1) is 17.4. The molecule has 0 radical (unpaired) electrons. The number of benzene rings is 2. The Morgan fingerprint density at radius 3 is 2.59 bits per heavy atom. The SMILES string of the molecule is Cc1ccccc1NC(=O)c1ccc(SCc2cn3ccccc3n2)cc1. The van der Waals surface area contributed by atoms with Crippen molar-refractivity contribution in [3.63, 3.8) is 0 Å². The van der Waals surface area contributed by atoms with E-state index in [0.29, 0.717) is 5.56 Å².